The molecule has 5 rings (SSSR count). The normalized spacial score (nSPS) is 14.9. The molecule has 0 amide bonds. The van der Waals surface area contributed by atoms with Crippen LogP contribution < -0.4 is 4.90 Å². The van der Waals surface area contributed by atoms with E-state index in [4.69, 9.17) is 4.98 Å². The van der Waals surface area contributed by atoms with Crippen molar-refractivity contribution in [2.75, 3.05) is 31.1 Å². The van der Waals surface area contributed by atoms with Gasteiger partial charge in [-0.3, -0.25) is 0 Å². The number of halogens is 1. The van der Waals surface area contributed by atoms with Crippen LogP contribution in [0, 0.1) is 12.7 Å². The maximum atomic E-state index is 13.9. The quantitative estimate of drug-likeness (QED) is 0.379. The second-order valence-electron chi connectivity index (χ2n) is 9.05. The predicted octanol–water partition coefficient (Wildman–Crippen LogP) is 4.74. The minimum Gasteiger partial charge on any atom is -0.354 e. The number of aryl methyl sites for hydroxylation is 2. The third kappa shape index (κ3) is 4.70. The number of hydrogen-bond donors (Lipinski definition) is 0. The SMILES string of the molecule is CCc1nc(C)nc(N2CCN(S(=O)(=O)c3cccc4ccccc34)CC2)c1Cc1cccc(F)c1. The fourth-order valence-electron chi connectivity index (χ4n) is 4.92. The molecule has 36 heavy (non-hydrogen) atoms. The van der Waals surface area contributed by atoms with Crippen LogP contribution in [-0.2, 0) is 22.9 Å². The average Bonchev–Trinajstić information content (AvgIpc) is 2.89. The summed E-state index contributed by atoms with van der Waals surface area (Å²) in [7, 11) is -3.65. The maximum absolute atomic E-state index is 13.9. The summed E-state index contributed by atoms with van der Waals surface area (Å²) in [5.74, 6) is 1.22. The van der Waals surface area contributed by atoms with Gasteiger partial charge in [-0.15, -0.1) is 0 Å². The number of rotatable bonds is 6. The van der Waals surface area contributed by atoms with Crippen molar-refractivity contribution in [3.05, 3.63) is 95.2 Å². The Bertz CT molecular complexity index is 1510. The minimum absolute atomic E-state index is 0.271. The molecular formula is C28H29FN4O2S. The zero-order valence-corrected chi connectivity index (χ0v) is 21.3. The van der Waals surface area contributed by atoms with Crippen molar-refractivity contribution < 1.29 is 12.8 Å². The summed E-state index contributed by atoms with van der Waals surface area (Å²) in [6, 6.07) is 19.5. The molecule has 0 spiro atoms. The Labute approximate surface area is 211 Å². The Balaban J connectivity index is 1.42. The van der Waals surface area contributed by atoms with E-state index in [9.17, 15) is 12.8 Å². The van der Waals surface area contributed by atoms with Gasteiger partial charge in [-0.2, -0.15) is 4.31 Å². The smallest absolute Gasteiger partial charge is 0.243 e. The van der Waals surface area contributed by atoms with Gasteiger partial charge in [0.2, 0.25) is 10.0 Å². The van der Waals surface area contributed by atoms with Crippen LogP contribution in [-0.4, -0.2) is 48.9 Å². The van der Waals surface area contributed by atoms with Crippen molar-refractivity contribution >= 4 is 26.6 Å². The highest BCUT2D eigenvalue weighted by molar-refractivity contribution is 7.89. The van der Waals surface area contributed by atoms with Gasteiger partial charge in [0.25, 0.3) is 0 Å². The Morgan fingerprint density at radius 1 is 0.917 bits per heavy atom. The first-order valence-electron chi connectivity index (χ1n) is 12.2. The van der Waals surface area contributed by atoms with Crippen molar-refractivity contribution in [3.63, 3.8) is 0 Å². The Morgan fingerprint density at radius 2 is 1.64 bits per heavy atom. The molecule has 0 saturated carbocycles. The molecule has 186 valence electrons. The lowest BCUT2D eigenvalue weighted by Gasteiger charge is -2.36. The average molecular weight is 505 g/mol. The van der Waals surface area contributed by atoms with Crippen molar-refractivity contribution in [2.45, 2.75) is 31.6 Å². The summed E-state index contributed by atoms with van der Waals surface area (Å²) in [6.45, 7) is 5.66. The predicted molar refractivity (Wildman–Crippen MR) is 140 cm³/mol. The minimum atomic E-state index is -3.65. The van der Waals surface area contributed by atoms with E-state index in [0.717, 1.165) is 39.8 Å². The van der Waals surface area contributed by atoms with Crippen LogP contribution in [0.2, 0.25) is 0 Å². The van der Waals surface area contributed by atoms with Crippen molar-refractivity contribution in [2.24, 2.45) is 0 Å². The zero-order valence-electron chi connectivity index (χ0n) is 20.5. The van der Waals surface area contributed by atoms with Crippen molar-refractivity contribution in [1.29, 1.82) is 0 Å². The van der Waals surface area contributed by atoms with Gasteiger partial charge >= 0.3 is 0 Å². The Morgan fingerprint density at radius 3 is 2.39 bits per heavy atom. The topological polar surface area (TPSA) is 66.4 Å². The first-order chi connectivity index (χ1) is 17.4. The largest absolute Gasteiger partial charge is 0.354 e. The summed E-state index contributed by atoms with van der Waals surface area (Å²) >= 11 is 0. The molecule has 4 aromatic rings. The highest BCUT2D eigenvalue weighted by atomic mass is 32.2. The summed E-state index contributed by atoms with van der Waals surface area (Å²) in [5.41, 5.74) is 2.77. The molecular weight excluding hydrogens is 475 g/mol. The van der Waals surface area contributed by atoms with Gasteiger partial charge in [0.1, 0.15) is 17.5 Å². The Hall–Kier alpha value is -3.36. The molecule has 0 atom stereocenters. The highest BCUT2D eigenvalue weighted by Crippen LogP contribution is 2.29. The molecule has 0 aliphatic carbocycles. The van der Waals surface area contributed by atoms with Gasteiger partial charge in [-0.1, -0.05) is 55.5 Å². The molecule has 1 aliphatic heterocycles. The fraction of sp³-hybridized carbons (Fsp3) is 0.286. The van der Waals surface area contributed by atoms with Crippen LogP contribution in [0.5, 0.6) is 0 Å². The standard InChI is InChI=1S/C28H29FN4O2S/c1-3-26-25(19-21-8-6-11-23(29)18-21)28(31-20(2)30-26)32-14-16-33(17-15-32)36(34,35)27-13-7-10-22-9-4-5-12-24(22)27/h4-13,18H,3,14-17,19H2,1-2H3. The summed E-state index contributed by atoms with van der Waals surface area (Å²) in [4.78, 5) is 11.9. The van der Waals surface area contributed by atoms with Crippen molar-refractivity contribution in [3.8, 4) is 0 Å². The van der Waals surface area contributed by atoms with E-state index in [-0.39, 0.29) is 5.82 Å². The van der Waals surface area contributed by atoms with Gasteiger partial charge in [0.05, 0.1) is 4.90 Å². The van der Waals surface area contributed by atoms with E-state index in [1.54, 1.807) is 22.5 Å². The van der Waals surface area contributed by atoms with Crippen LogP contribution in [0.25, 0.3) is 10.8 Å². The lowest BCUT2D eigenvalue weighted by molar-refractivity contribution is 0.383. The van der Waals surface area contributed by atoms with Crippen LogP contribution in [0.15, 0.2) is 71.6 Å². The lowest BCUT2D eigenvalue weighted by atomic mass is 10.0. The molecule has 1 fully saturated rings. The highest BCUT2D eigenvalue weighted by Gasteiger charge is 2.31. The monoisotopic (exact) mass is 504 g/mol. The number of fused-ring (bicyclic) bond motifs is 1. The van der Waals surface area contributed by atoms with Gasteiger partial charge < -0.3 is 4.90 Å². The van der Waals surface area contributed by atoms with Crippen LogP contribution in [0.1, 0.15) is 29.6 Å². The van der Waals surface area contributed by atoms with E-state index < -0.39 is 10.0 Å². The van der Waals surface area contributed by atoms with Crippen LogP contribution in [0.3, 0.4) is 0 Å². The summed E-state index contributed by atoms with van der Waals surface area (Å²) in [6.07, 6.45) is 1.25. The van der Waals surface area contributed by atoms with Crippen LogP contribution >= 0.6 is 0 Å². The van der Waals surface area contributed by atoms with Crippen molar-refractivity contribution in [1.82, 2.24) is 14.3 Å². The molecule has 3 aromatic carbocycles. The fourth-order valence-corrected chi connectivity index (χ4v) is 6.56. The molecule has 8 heteroatoms. The van der Waals surface area contributed by atoms with Gasteiger partial charge in [0, 0.05) is 49.2 Å². The Kier molecular flexibility index (Phi) is 6.73. The van der Waals surface area contributed by atoms with E-state index in [1.165, 1.54) is 12.1 Å². The van der Waals surface area contributed by atoms with Gasteiger partial charge in [0.15, 0.2) is 0 Å². The van der Waals surface area contributed by atoms with Gasteiger partial charge in [-0.05, 0) is 42.5 Å². The van der Waals surface area contributed by atoms with Crippen LogP contribution in [0.4, 0.5) is 10.2 Å². The number of anilines is 1. The molecule has 0 radical (unpaired) electrons. The van der Waals surface area contributed by atoms with E-state index in [2.05, 4.69) is 16.8 Å². The lowest BCUT2D eigenvalue weighted by Crippen LogP contribution is -2.49. The molecule has 2 heterocycles. The summed E-state index contributed by atoms with van der Waals surface area (Å²) < 4.78 is 42.6. The molecule has 1 aliphatic rings. The first kappa shape index (κ1) is 24.3. The van der Waals surface area contributed by atoms with E-state index >= 15 is 0 Å². The molecule has 6 nitrogen and oxygen atoms in total. The number of hydrogen-bond acceptors (Lipinski definition) is 5. The first-order valence-corrected chi connectivity index (χ1v) is 13.6. The third-order valence-corrected chi connectivity index (χ3v) is 8.65. The second-order valence-corrected chi connectivity index (χ2v) is 11.0. The third-order valence-electron chi connectivity index (χ3n) is 6.69. The number of benzene rings is 3. The molecule has 1 saturated heterocycles. The van der Waals surface area contributed by atoms with E-state index in [0.29, 0.717) is 43.3 Å². The van der Waals surface area contributed by atoms with E-state index in [1.807, 2.05) is 43.3 Å². The number of piperazine rings is 1. The summed E-state index contributed by atoms with van der Waals surface area (Å²) in [5, 5.41) is 1.64. The maximum Gasteiger partial charge on any atom is 0.243 e. The molecule has 1 aromatic heterocycles. The molecule has 0 unspecified atom stereocenters. The molecule has 0 N–H and O–H groups in total. The number of sulfonamides is 1. The number of nitrogens with zero attached hydrogens (tertiary/aromatic N) is 4. The second kappa shape index (κ2) is 9.95. The zero-order chi connectivity index (χ0) is 25.3. The molecule has 0 bridgehead atoms. The van der Waals surface area contributed by atoms with Gasteiger partial charge in [-0.25, -0.2) is 22.8 Å². The number of aromatic nitrogens is 2.